The molecule has 1 amide bonds. The van der Waals surface area contributed by atoms with Gasteiger partial charge in [-0.3, -0.25) is 19.6 Å². The minimum Gasteiger partial charge on any atom is -0.321 e. The van der Waals surface area contributed by atoms with Crippen LogP contribution in [0.5, 0.6) is 0 Å². The third-order valence-electron chi connectivity index (χ3n) is 3.53. The maximum atomic E-state index is 12.2. The van der Waals surface area contributed by atoms with E-state index in [0.29, 0.717) is 17.1 Å². The summed E-state index contributed by atoms with van der Waals surface area (Å²) in [5.74, 6) is -0.246. The number of rotatable bonds is 3. The number of aryl methyl sites for hydroxylation is 2. The molecule has 0 bridgehead atoms. The maximum Gasteiger partial charge on any atom is 0.273 e. The van der Waals surface area contributed by atoms with Crippen molar-refractivity contribution in [2.45, 2.75) is 13.8 Å². The third kappa shape index (κ3) is 2.48. The average molecular weight is 296 g/mol. The van der Waals surface area contributed by atoms with Gasteiger partial charge in [0.05, 0.1) is 11.4 Å². The predicted molar refractivity (Wildman–Crippen MR) is 82.5 cm³/mol. The smallest absolute Gasteiger partial charge is 0.273 e. The van der Waals surface area contributed by atoms with E-state index < -0.39 is 0 Å². The number of nitrogens with one attached hydrogen (secondary N) is 2. The van der Waals surface area contributed by atoms with E-state index in [4.69, 9.17) is 0 Å². The Morgan fingerprint density at radius 2 is 2.00 bits per heavy atom. The first-order chi connectivity index (χ1) is 10.6. The number of anilines is 1. The number of pyridine rings is 1. The van der Waals surface area contributed by atoms with Gasteiger partial charge in [-0.15, -0.1) is 0 Å². The van der Waals surface area contributed by atoms with Crippen LogP contribution in [0.2, 0.25) is 0 Å². The predicted octanol–water partition coefficient (Wildman–Crippen LogP) is 2.07. The van der Waals surface area contributed by atoms with Gasteiger partial charge in [0.25, 0.3) is 5.91 Å². The van der Waals surface area contributed by atoms with E-state index in [1.165, 1.54) is 0 Å². The summed E-state index contributed by atoms with van der Waals surface area (Å²) in [7, 11) is 1.88. The van der Waals surface area contributed by atoms with Crippen LogP contribution in [-0.2, 0) is 7.05 Å². The first kappa shape index (κ1) is 14.0. The fourth-order valence-electron chi connectivity index (χ4n) is 2.34. The van der Waals surface area contributed by atoms with Gasteiger partial charge in [-0.05, 0) is 32.0 Å². The van der Waals surface area contributed by atoms with Crippen LogP contribution in [-0.4, -0.2) is 30.9 Å². The summed E-state index contributed by atoms with van der Waals surface area (Å²) in [4.78, 5) is 16.1. The molecule has 0 radical (unpaired) electrons. The van der Waals surface area contributed by atoms with Gasteiger partial charge in [0, 0.05) is 36.4 Å². The number of carbonyl (C=O) groups is 1. The van der Waals surface area contributed by atoms with E-state index >= 15 is 0 Å². The van der Waals surface area contributed by atoms with Crippen LogP contribution >= 0.6 is 0 Å². The molecular weight excluding hydrogens is 280 g/mol. The number of carbonyl (C=O) groups excluding carboxylic acids is 1. The van der Waals surface area contributed by atoms with Crippen LogP contribution in [0, 0.1) is 13.8 Å². The fraction of sp³-hybridized carbons (Fsp3) is 0.200. The number of aromatic amines is 1. The Labute approximate surface area is 127 Å². The molecule has 3 aromatic heterocycles. The lowest BCUT2D eigenvalue weighted by Crippen LogP contribution is -2.12. The molecule has 0 saturated heterocycles. The van der Waals surface area contributed by atoms with Crippen LogP contribution in [0.3, 0.4) is 0 Å². The maximum absolute atomic E-state index is 12.2. The number of hydrogen-bond donors (Lipinski definition) is 2. The highest BCUT2D eigenvalue weighted by Crippen LogP contribution is 2.25. The second kappa shape index (κ2) is 5.44. The zero-order valence-corrected chi connectivity index (χ0v) is 12.6. The average Bonchev–Trinajstić information content (AvgIpc) is 3.06. The molecule has 112 valence electrons. The van der Waals surface area contributed by atoms with Crippen LogP contribution in [0.15, 0.2) is 30.6 Å². The number of H-pyrrole nitrogens is 1. The summed E-state index contributed by atoms with van der Waals surface area (Å²) in [6, 6.07) is 5.18. The molecule has 3 heterocycles. The normalized spacial score (nSPS) is 10.7. The SMILES string of the molecule is Cc1nn(C)c(C)c1-c1cc(C(=O)Nc2ccncc2)[nH]n1. The lowest BCUT2D eigenvalue weighted by atomic mass is 10.1. The monoisotopic (exact) mass is 296 g/mol. The fourth-order valence-corrected chi connectivity index (χ4v) is 2.34. The summed E-state index contributed by atoms with van der Waals surface area (Å²) < 4.78 is 1.80. The first-order valence-corrected chi connectivity index (χ1v) is 6.83. The molecule has 3 aromatic rings. The molecule has 0 aromatic carbocycles. The molecule has 3 rings (SSSR count). The Morgan fingerprint density at radius 3 is 2.64 bits per heavy atom. The van der Waals surface area contributed by atoms with E-state index in [9.17, 15) is 4.79 Å². The molecule has 7 nitrogen and oxygen atoms in total. The number of hydrogen-bond acceptors (Lipinski definition) is 4. The lowest BCUT2D eigenvalue weighted by Gasteiger charge is -2.01. The summed E-state index contributed by atoms with van der Waals surface area (Å²) in [6.45, 7) is 3.90. The Balaban J connectivity index is 1.86. The third-order valence-corrected chi connectivity index (χ3v) is 3.53. The molecule has 0 aliphatic heterocycles. The molecule has 0 saturated carbocycles. The Kier molecular flexibility index (Phi) is 3.46. The van der Waals surface area contributed by atoms with E-state index in [1.807, 2.05) is 20.9 Å². The van der Waals surface area contributed by atoms with E-state index in [1.54, 1.807) is 35.3 Å². The first-order valence-electron chi connectivity index (χ1n) is 6.83. The zero-order valence-electron chi connectivity index (χ0n) is 12.6. The highest BCUT2D eigenvalue weighted by atomic mass is 16.1. The summed E-state index contributed by atoms with van der Waals surface area (Å²) in [5.41, 5.74) is 4.63. The molecule has 0 aliphatic carbocycles. The van der Waals surface area contributed by atoms with Crippen molar-refractivity contribution < 1.29 is 4.79 Å². The summed E-state index contributed by atoms with van der Waals surface area (Å²) in [6.07, 6.45) is 3.24. The summed E-state index contributed by atoms with van der Waals surface area (Å²) in [5, 5.41) is 14.2. The van der Waals surface area contributed by atoms with Crippen LogP contribution in [0.25, 0.3) is 11.3 Å². The molecule has 0 atom stereocenters. The number of nitrogens with zero attached hydrogens (tertiary/aromatic N) is 4. The van der Waals surface area contributed by atoms with Gasteiger partial charge < -0.3 is 5.32 Å². The topological polar surface area (TPSA) is 88.5 Å². The quantitative estimate of drug-likeness (QED) is 0.774. The standard InChI is InChI=1S/C15H16N6O/c1-9-14(10(2)21(3)20-9)12-8-13(19-18-12)15(22)17-11-4-6-16-7-5-11/h4-8H,1-3H3,(H,18,19)(H,16,17,22). The van der Waals surface area contributed by atoms with Gasteiger partial charge in [0.1, 0.15) is 5.69 Å². The molecule has 2 N–H and O–H groups in total. The molecule has 0 fully saturated rings. The number of amides is 1. The van der Waals surface area contributed by atoms with E-state index in [0.717, 1.165) is 17.0 Å². The van der Waals surface area contributed by atoms with Crippen molar-refractivity contribution in [2.75, 3.05) is 5.32 Å². The Hall–Kier alpha value is -2.96. The largest absolute Gasteiger partial charge is 0.321 e. The van der Waals surface area contributed by atoms with Gasteiger partial charge >= 0.3 is 0 Å². The highest BCUT2D eigenvalue weighted by molar-refractivity contribution is 6.03. The highest BCUT2D eigenvalue weighted by Gasteiger charge is 2.17. The molecule has 7 heteroatoms. The number of aromatic nitrogens is 5. The Bertz CT molecular complexity index is 818. The zero-order chi connectivity index (χ0) is 15.7. The van der Waals surface area contributed by atoms with Gasteiger partial charge in [-0.1, -0.05) is 0 Å². The van der Waals surface area contributed by atoms with Gasteiger partial charge in [0.15, 0.2) is 0 Å². The minimum atomic E-state index is -0.246. The van der Waals surface area contributed by atoms with Crippen LogP contribution < -0.4 is 5.32 Å². The van der Waals surface area contributed by atoms with Gasteiger partial charge in [-0.25, -0.2) is 0 Å². The second-order valence-electron chi connectivity index (χ2n) is 5.03. The van der Waals surface area contributed by atoms with Crippen molar-refractivity contribution in [3.05, 3.63) is 47.7 Å². The molecular formula is C15H16N6O. The summed E-state index contributed by atoms with van der Waals surface area (Å²) >= 11 is 0. The van der Waals surface area contributed by atoms with Crippen LogP contribution in [0.4, 0.5) is 5.69 Å². The molecule has 22 heavy (non-hydrogen) atoms. The van der Waals surface area contributed by atoms with Gasteiger partial charge in [0.2, 0.25) is 0 Å². The second-order valence-corrected chi connectivity index (χ2v) is 5.03. The van der Waals surface area contributed by atoms with E-state index in [2.05, 4.69) is 25.6 Å². The van der Waals surface area contributed by atoms with Crippen molar-refractivity contribution in [1.82, 2.24) is 25.0 Å². The van der Waals surface area contributed by atoms with Crippen LogP contribution in [0.1, 0.15) is 21.9 Å². The molecule has 0 spiro atoms. The molecule has 0 unspecified atom stereocenters. The lowest BCUT2D eigenvalue weighted by molar-refractivity contribution is 0.102. The van der Waals surface area contributed by atoms with Crippen molar-refractivity contribution in [2.24, 2.45) is 7.05 Å². The van der Waals surface area contributed by atoms with Gasteiger partial charge in [-0.2, -0.15) is 10.2 Å². The van der Waals surface area contributed by atoms with Crippen molar-refractivity contribution in [3.63, 3.8) is 0 Å². The van der Waals surface area contributed by atoms with E-state index in [-0.39, 0.29) is 5.91 Å². The van der Waals surface area contributed by atoms with Crippen molar-refractivity contribution in [1.29, 1.82) is 0 Å². The minimum absolute atomic E-state index is 0.246. The Morgan fingerprint density at radius 1 is 1.27 bits per heavy atom. The van der Waals surface area contributed by atoms with Crippen molar-refractivity contribution >= 4 is 11.6 Å². The van der Waals surface area contributed by atoms with Crippen molar-refractivity contribution in [3.8, 4) is 11.3 Å². The molecule has 0 aliphatic rings.